The number of hydrogen-bond donors (Lipinski definition) is 3. The molecule has 0 aliphatic rings. The van der Waals surface area contributed by atoms with Crippen molar-refractivity contribution in [3.63, 3.8) is 0 Å². The number of halogens is 1. The fraction of sp³-hybridized carbons (Fsp3) is 0.609. The van der Waals surface area contributed by atoms with Gasteiger partial charge in [-0.3, -0.25) is 4.99 Å². The molecule has 0 bridgehead atoms. The fourth-order valence-electron chi connectivity index (χ4n) is 3.39. The van der Waals surface area contributed by atoms with E-state index in [1.807, 2.05) is 19.1 Å². The molecular weight excluding hydrogens is 505 g/mol. The van der Waals surface area contributed by atoms with Crippen molar-refractivity contribution in [3.05, 3.63) is 35.7 Å². The van der Waals surface area contributed by atoms with Crippen LogP contribution in [0.25, 0.3) is 11.5 Å². The standard InChI is InChI=1S/C23H37N5O2.HI/c1-5-20-27-21(30-28-20)19-11-9-18(10-12-19)13-15-25-22(24-8-4)26-17-23(6-2,7-3)14-16-29;/h9-12,29H,5-8,13-17H2,1-4H3,(H2,24,25,26);1H. The van der Waals surface area contributed by atoms with Gasteiger partial charge >= 0.3 is 0 Å². The van der Waals surface area contributed by atoms with Crippen molar-refractivity contribution in [1.82, 2.24) is 20.8 Å². The highest BCUT2D eigenvalue weighted by Crippen LogP contribution is 2.30. The first-order valence-electron chi connectivity index (χ1n) is 11.1. The van der Waals surface area contributed by atoms with E-state index < -0.39 is 0 Å². The summed E-state index contributed by atoms with van der Waals surface area (Å²) in [6.07, 6.45) is 4.46. The molecule has 3 N–H and O–H groups in total. The molecule has 0 unspecified atom stereocenters. The fourth-order valence-corrected chi connectivity index (χ4v) is 3.39. The number of nitrogens with one attached hydrogen (secondary N) is 2. The van der Waals surface area contributed by atoms with E-state index in [2.05, 4.69) is 53.7 Å². The summed E-state index contributed by atoms with van der Waals surface area (Å²) in [5, 5.41) is 20.1. The number of aliphatic hydroxyl groups is 1. The highest BCUT2D eigenvalue weighted by Gasteiger charge is 2.25. The lowest BCUT2D eigenvalue weighted by atomic mass is 9.79. The maximum atomic E-state index is 9.41. The zero-order valence-electron chi connectivity index (χ0n) is 19.3. The van der Waals surface area contributed by atoms with Gasteiger partial charge in [0.2, 0.25) is 0 Å². The van der Waals surface area contributed by atoms with E-state index in [9.17, 15) is 5.11 Å². The second-order valence-corrected chi connectivity index (χ2v) is 7.62. The summed E-state index contributed by atoms with van der Waals surface area (Å²) in [6.45, 7) is 11.0. The highest BCUT2D eigenvalue weighted by molar-refractivity contribution is 14.0. The van der Waals surface area contributed by atoms with Gasteiger partial charge in [-0.25, -0.2) is 0 Å². The van der Waals surface area contributed by atoms with Gasteiger partial charge in [0.15, 0.2) is 11.8 Å². The largest absolute Gasteiger partial charge is 0.396 e. The highest BCUT2D eigenvalue weighted by atomic mass is 127. The van der Waals surface area contributed by atoms with Crippen molar-refractivity contribution in [3.8, 4) is 11.5 Å². The predicted molar refractivity (Wildman–Crippen MR) is 137 cm³/mol. The summed E-state index contributed by atoms with van der Waals surface area (Å²) >= 11 is 0. The van der Waals surface area contributed by atoms with E-state index in [0.717, 1.165) is 62.5 Å². The lowest BCUT2D eigenvalue weighted by Crippen LogP contribution is -2.39. The first-order chi connectivity index (χ1) is 14.6. The Bertz CT molecular complexity index is 773. The minimum Gasteiger partial charge on any atom is -0.396 e. The Hall–Kier alpha value is -1.68. The molecular formula is C23H38IN5O2. The molecule has 0 radical (unpaired) electrons. The summed E-state index contributed by atoms with van der Waals surface area (Å²) in [6, 6.07) is 8.23. The average Bonchev–Trinajstić information content (AvgIpc) is 3.26. The number of aliphatic imine (C=N–C) groups is 1. The first-order valence-corrected chi connectivity index (χ1v) is 11.1. The number of hydrogen-bond acceptors (Lipinski definition) is 5. The maximum Gasteiger partial charge on any atom is 0.257 e. The van der Waals surface area contributed by atoms with Crippen LogP contribution in [-0.2, 0) is 12.8 Å². The Morgan fingerprint density at radius 3 is 2.35 bits per heavy atom. The minimum atomic E-state index is 0. The van der Waals surface area contributed by atoms with Crippen LogP contribution < -0.4 is 10.6 Å². The molecule has 0 fully saturated rings. The summed E-state index contributed by atoms with van der Waals surface area (Å²) in [5.41, 5.74) is 2.24. The first kappa shape index (κ1) is 27.4. The molecule has 0 aliphatic heterocycles. The number of aryl methyl sites for hydroxylation is 1. The van der Waals surface area contributed by atoms with Crippen LogP contribution in [0.2, 0.25) is 0 Å². The topological polar surface area (TPSA) is 95.6 Å². The number of rotatable bonds is 12. The van der Waals surface area contributed by atoms with Crippen LogP contribution in [0.15, 0.2) is 33.8 Å². The lowest BCUT2D eigenvalue weighted by Gasteiger charge is -2.29. The third kappa shape index (κ3) is 8.40. The zero-order valence-corrected chi connectivity index (χ0v) is 21.6. The number of aliphatic hydroxyl groups excluding tert-OH is 1. The van der Waals surface area contributed by atoms with Crippen LogP contribution in [0.4, 0.5) is 0 Å². The second kappa shape index (κ2) is 14.4. The van der Waals surface area contributed by atoms with Crippen molar-refractivity contribution in [2.45, 2.75) is 59.8 Å². The molecule has 1 aromatic carbocycles. The van der Waals surface area contributed by atoms with Crippen LogP contribution in [0, 0.1) is 5.41 Å². The SMILES string of the molecule is CCNC(=NCC(CC)(CC)CCO)NCCc1ccc(-c2nc(CC)no2)cc1.I. The Morgan fingerprint density at radius 2 is 1.81 bits per heavy atom. The molecule has 8 heteroatoms. The molecule has 2 rings (SSSR count). The Balaban J connectivity index is 0.00000480. The van der Waals surface area contributed by atoms with Crippen LogP contribution in [0.5, 0.6) is 0 Å². The van der Waals surface area contributed by atoms with Crippen molar-refractivity contribution >= 4 is 29.9 Å². The van der Waals surface area contributed by atoms with Crippen molar-refractivity contribution in [2.24, 2.45) is 10.4 Å². The van der Waals surface area contributed by atoms with Gasteiger partial charge in [0.25, 0.3) is 5.89 Å². The molecule has 0 aliphatic carbocycles. The predicted octanol–water partition coefficient (Wildman–Crippen LogP) is 4.20. The zero-order chi connectivity index (χ0) is 21.8. The van der Waals surface area contributed by atoms with E-state index in [0.29, 0.717) is 12.4 Å². The molecule has 174 valence electrons. The van der Waals surface area contributed by atoms with Gasteiger partial charge < -0.3 is 20.3 Å². The van der Waals surface area contributed by atoms with Crippen LogP contribution in [0.1, 0.15) is 58.3 Å². The number of guanidine groups is 1. The number of aromatic nitrogens is 2. The molecule has 7 nitrogen and oxygen atoms in total. The second-order valence-electron chi connectivity index (χ2n) is 7.62. The van der Waals surface area contributed by atoms with Crippen molar-refractivity contribution in [1.29, 1.82) is 0 Å². The maximum absolute atomic E-state index is 9.41. The Morgan fingerprint density at radius 1 is 1.10 bits per heavy atom. The van der Waals surface area contributed by atoms with E-state index in [4.69, 9.17) is 9.52 Å². The molecule has 0 atom stereocenters. The molecule has 0 saturated heterocycles. The molecule has 0 saturated carbocycles. The van der Waals surface area contributed by atoms with Gasteiger partial charge in [-0.2, -0.15) is 4.98 Å². The monoisotopic (exact) mass is 543 g/mol. The van der Waals surface area contributed by atoms with Crippen LogP contribution >= 0.6 is 24.0 Å². The van der Waals surface area contributed by atoms with E-state index >= 15 is 0 Å². The van der Waals surface area contributed by atoms with Crippen molar-refractivity contribution in [2.75, 3.05) is 26.2 Å². The van der Waals surface area contributed by atoms with E-state index in [1.165, 1.54) is 5.56 Å². The molecule has 0 spiro atoms. The summed E-state index contributed by atoms with van der Waals surface area (Å²) < 4.78 is 5.30. The van der Waals surface area contributed by atoms with Gasteiger partial charge in [0.1, 0.15) is 0 Å². The minimum absolute atomic E-state index is 0. The third-order valence-electron chi connectivity index (χ3n) is 5.75. The lowest BCUT2D eigenvalue weighted by molar-refractivity contribution is 0.175. The summed E-state index contributed by atoms with van der Waals surface area (Å²) in [5.74, 6) is 2.12. The molecule has 31 heavy (non-hydrogen) atoms. The van der Waals surface area contributed by atoms with Crippen LogP contribution in [0.3, 0.4) is 0 Å². The van der Waals surface area contributed by atoms with E-state index in [1.54, 1.807) is 0 Å². The van der Waals surface area contributed by atoms with Gasteiger partial charge in [0.05, 0.1) is 0 Å². The number of nitrogens with zero attached hydrogens (tertiary/aromatic N) is 3. The summed E-state index contributed by atoms with van der Waals surface area (Å²) in [7, 11) is 0. The summed E-state index contributed by atoms with van der Waals surface area (Å²) in [4.78, 5) is 9.17. The normalized spacial score (nSPS) is 11.8. The molecule has 1 aromatic heterocycles. The third-order valence-corrected chi connectivity index (χ3v) is 5.75. The van der Waals surface area contributed by atoms with Crippen LogP contribution in [-0.4, -0.2) is 47.4 Å². The van der Waals surface area contributed by atoms with E-state index in [-0.39, 0.29) is 36.0 Å². The van der Waals surface area contributed by atoms with Crippen molar-refractivity contribution < 1.29 is 9.63 Å². The molecule has 2 aromatic rings. The van der Waals surface area contributed by atoms with Gasteiger partial charge in [-0.1, -0.05) is 38.1 Å². The van der Waals surface area contributed by atoms with Gasteiger partial charge in [0, 0.05) is 38.2 Å². The average molecular weight is 543 g/mol. The van der Waals surface area contributed by atoms with Gasteiger partial charge in [-0.05, 0) is 55.7 Å². The molecule has 1 heterocycles. The van der Waals surface area contributed by atoms with Gasteiger partial charge in [-0.15, -0.1) is 24.0 Å². The molecule has 0 amide bonds. The Labute approximate surface area is 203 Å². The number of benzene rings is 1. The smallest absolute Gasteiger partial charge is 0.257 e. The quantitative estimate of drug-likeness (QED) is 0.211. The Kier molecular flexibility index (Phi) is 12.7.